The van der Waals surface area contributed by atoms with Gasteiger partial charge >= 0.3 is 0 Å². The molecule has 7 heteroatoms. The Morgan fingerprint density at radius 1 is 1.20 bits per heavy atom. The molecule has 1 aliphatic carbocycles. The number of nitrogens with one attached hydrogen (secondary N) is 1. The highest BCUT2D eigenvalue weighted by atomic mass is 35.5. The van der Waals surface area contributed by atoms with Gasteiger partial charge in [0.15, 0.2) is 5.16 Å². The van der Waals surface area contributed by atoms with Crippen LogP contribution in [0.1, 0.15) is 32.6 Å². The second-order valence-electron chi connectivity index (χ2n) is 7.76. The van der Waals surface area contributed by atoms with E-state index in [-0.39, 0.29) is 23.3 Å². The van der Waals surface area contributed by atoms with Crippen LogP contribution in [0.25, 0.3) is 16.6 Å². The Hall–Kier alpha value is -2.31. The van der Waals surface area contributed by atoms with E-state index in [1.54, 1.807) is 24.3 Å². The first-order valence-electron chi connectivity index (χ1n) is 10.2. The van der Waals surface area contributed by atoms with Crippen molar-refractivity contribution in [2.75, 3.05) is 5.75 Å². The number of thioether (sulfide) groups is 1. The summed E-state index contributed by atoms with van der Waals surface area (Å²) in [6.07, 6.45) is 4.57. The molecule has 0 saturated heterocycles. The maximum atomic E-state index is 13.2. The first-order chi connectivity index (χ1) is 14.5. The van der Waals surface area contributed by atoms with Crippen molar-refractivity contribution < 1.29 is 4.79 Å². The van der Waals surface area contributed by atoms with Gasteiger partial charge in [-0.3, -0.25) is 14.2 Å². The molecule has 30 heavy (non-hydrogen) atoms. The molecule has 3 aromatic rings. The molecule has 0 bridgehead atoms. The van der Waals surface area contributed by atoms with Gasteiger partial charge in [0.05, 0.1) is 22.3 Å². The van der Waals surface area contributed by atoms with Gasteiger partial charge in [0.1, 0.15) is 0 Å². The molecule has 5 nitrogen and oxygen atoms in total. The zero-order valence-corrected chi connectivity index (χ0v) is 18.4. The molecular weight excluding hydrogens is 418 g/mol. The highest BCUT2D eigenvalue weighted by molar-refractivity contribution is 7.99. The summed E-state index contributed by atoms with van der Waals surface area (Å²) >= 11 is 7.43. The molecule has 0 spiro atoms. The van der Waals surface area contributed by atoms with Crippen molar-refractivity contribution in [1.29, 1.82) is 0 Å². The first-order valence-corrected chi connectivity index (χ1v) is 11.6. The molecule has 1 heterocycles. The van der Waals surface area contributed by atoms with Gasteiger partial charge in [-0.15, -0.1) is 0 Å². The lowest BCUT2D eigenvalue weighted by Crippen LogP contribution is -2.41. The average molecular weight is 442 g/mol. The van der Waals surface area contributed by atoms with Crippen LogP contribution in [0.15, 0.2) is 58.5 Å². The minimum Gasteiger partial charge on any atom is -0.352 e. The molecule has 156 valence electrons. The summed E-state index contributed by atoms with van der Waals surface area (Å²) in [4.78, 5) is 30.5. The fraction of sp³-hybridized carbons (Fsp3) is 0.348. The van der Waals surface area contributed by atoms with Crippen molar-refractivity contribution >= 4 is 40.2 Å². The number of hydrogen-bond donors (Lipinski definition) is 1. The third-order valence-electron chi connectivity index (χ3n) is 5.60. The van der Waals surface area contributed by atoms with E-state index in [4.69, 9.17) is 11.6 Å². The molecule has 1 amide bonds. The number of halogens is 1. The van der Waals surface area contributed by atoms with Crippen molar-refractivity contribution in [3.05, 3.63) is 63.9 Å². The highest BCUT2D eigenvalue weighted by Gasteiger charge is 2.23. The fourth-order valence-corrected chi connectivity index (χ4v) is 4.97. The normalized spacial score (nSPS) is 19.0. The Bertz CT molecular complexity index is 1130. The highest BCUT2D eigenvalue weighted by Crippen LogP contribution is 2.25. The maximum absolute atomic E-state index is 13.2. The minimum atomic E-state index is -0.174. The summed E-state index contributed by atoms with van der Waals surface area (Å²) in [5.41, 5.74) is 1.07. The van der Waals surface area contributed by atoms with Gasteiger partial charge in [-0.2, -0.15) is 0 Å². The van der Waals surface area contributed by atoms with Gasteiger partial charge in [-0.05, 0) is 49.1 Å². The van der Waals surface area contributed by atoms with E-state index < -0.39 is 0 Å². The van der Waals surface area contributed by atoms with Gasteiger partial charge in [-0.25, -0.2) is 4.98 Å². The molecular formula is C23H24ClN3O2S. The van der Waals surface area contributed by atoms with Crippen LogP contribution in [0.4, 0.5) is 0 Å². The van der Waals surface area contributed by atoms with Gasteiger partial charge in [-0.1, -0.05) is 61.3 Å². The Morgan fingerprint density at radius 2 is 2.00 bits per heavy atom. The Kier molecular flexibility index (Phi) is 6.44. The van der Waals surface area contributed by atoms with Gasteiger partial charge in [0.2, 0.25) is 5.91 Å². The molecule has 2 aromatic carbocycles. The fourth-order valence-electron chi connectivity index (χ4n) is 3.96. The SMILES string of the molecule is C[C@@H]1CCCC[C@H]1NC(=O)CSc1nc2ccccc2c(=O)n1-c1cccc(Cl)c1. The zero-order chi connectivity index (χ0) is 21.1. The molecule has 1 fully saturated rings. The topological polar surface area (TPSA) is 64.0 Å². The number of fused-ring (bicyclic) bond motifs is 1. The molecule has 1 aromatic heterocycles. The lowest BCUT2D eigenvalue weighted by atomic mass is 9.86. The summed E-state index contributed by atoms with van der Waals surface area (Å²) < 4.78 is 1.54. The Balaban J connectivity index is 1.63. The molecule has 0 unspecified atom stereocenters. The largest absolute Gasteiger partial charge is 0.352 e. The number of amides is 1. The Morgan fingerprint density at radius 3 is 2.80 bits per heavy atom. The number of hydrogen-bond acceptors (Lipinski definition) is 4. The van der Waals surface area contributed by atoms with E-state index in [0.29, 0.717) is 32.7 Å². The van der Waals surface area contributed by atoms with Gasteiger partial charge in [0, 0.05) is 11.1 Å². The lowest BCUT2D eigenvalue weighted by Gasteiger charge is -2.29. The molecule has 2 atom stereocenters. The minimum absolute atomic E-state index is 0.0289. The summed E-state index contributed by atoms with van der Waals surface area (Å²) in [7, 11) is 0. The number of aromatic nitrogens is 2. The number of carbonyl (C=O) groups is 1. The van der Waals surface area contributed by atoms with E-state index in [0.717, 1.165) is 19.3 Å². The number of para-hydroxylation sites is 1. The van der Waals surface area contributed by atoms with Crippen LogP contribution < -0.4 is 10.9 Å². The molecule has 4 rings (SSSR count). The van der Waals surface area contributed by atoms with Crippen LogP contribution in [-0.4, -0.2) is 27.3 Å². The van der Waals surface area contributed by atoms with Crippen molar-refractivity contribution in [2.45, 2.75) is 43.8 Å². The summed E-state index contributed by atoms with van der Waals surface area (Å²) in [6.45, 7) is 2.19. The van der Waals surface area contributed by atoms with E-state index >= 15 is 0 Å². The van der Waals surface area contributed by atoms with Crippen LogP contribution in [0, 0.1) is 5.92 Å². The number of benzene rings is 2. The van der Waals surface area contributed by atoms with Crippen LogP contribution in [0.5, 0.6) is 0 Å². The van der Waals surface area contributed by atoms with Crippen molar-refractivity contribution in [1.82, 2.24) is 14.9 Å². The third-order valence-corrected chi connectivity index (χ3v) is 6.78. The predicted molar refractivity (Wildman–Crippen MR) is 123 cm³/mol. The Labute approximate surface area is 184 Å². The van der Waals surface area contributed by atoms with Gasteiger partial charge < -0.3 is 5.32 Å². The quantitative estimate of drug-likeness (QED) is 0.455. The van der Waals surface area contributed by atoms with Crippen LogP contribution in [-0.2, 0) is 4.79 Å². The lowest BCUT2D eigenvalue weighted by molar-refractivity contribution is -0.119. The number of nitrogens with zero attached hydrogens (tertiary/aromatic N) is 2. The second-order valence-corrected chi connectivity index (χ2v) is 9.14. The maximum Gasteiger partial charge on any atom is 0.266 e. The van der Waals surface area contributed by atoms with Crippen molar-refractivity contribution in [3.8, 4) is 5.69 Å². The van der Waals surface area contributed by atoms with Crippen LogP contribution >= 0.6 is 23.4 Å². The smallest absolute Gasteiger partial charge is 0.266 e. The average Bonchev–Trinajstić information content (AvgIpc) is 2.74. The summed E-state index contributed by atoms with van der Waals surface area (Å²) in [5, 5.41) is 4.71. The predicted octanol–water partition coefficient (Wildman–Crippen LogP) is 4.83. The van der Waals surface area contributed by atoms with Crippen LogP contribution in [0.3, 0.4) is 0 Å². The van der Waals surface area contributed by atoms with Gasteiger partial charge in [0.25, 0.3) is 5.56 Å². The van der Waals surface area contributed by atoms with Crippen molar-refractivity contribution in [2.24, 2.45) is 5.92 Å². The monoisotopic (exact) mass is 441 g/mol. The van der Waals surface area contributed by atoms with Crippen molar-refractivity contribution in [3.63, 3.8) is 0 Å². The van der Waals surface area contributed by atoms with E-state index in [1.807, 2.05) is 24.3 Å². The zero-order valence-electron chi connectivity index (χ0n) is 16.8. The van der Waals surface area contributed by atoms with Crippen LogP contribution in [0.2, 0.25) is 5.02 Å². The number of carbonyl (C=O) groups excluding carboxylic acids is 1. The van der Waals surface area contributed by atoms with E-state index in [9.17, 15) is 9.59 Å². The summed E-state index contributed by atoms with van der Waals surface area (Å²) in [5.74, 6) is 0.670. The molecule has 1 saturated carbocycles. The molecule has 1 N–H and O–H groups in total. The standard InChI is InChI=1S/C23H24ClN3O2S/c1-15-7-2-4-11-19(15)25-21(28)14-30-23-26-20-12-5-3-10-18(20)22(29)27(23)17-9-6-8-16(24)13-17/h3,5-6,8-10,12-13,15,19H,2,4,7,11,14H2,1H3,(H,25,28)/t15-,19-/m1/s1. The first kappa shape index (κ1) is 20.9. The third kappa shape index (κ3) is 4.55. The second kappa shape index (κ2) is 9.23. The molecule has 1 aliphatic rings. The van der Waals surface area contributed by atoms with E-state index in [1.165, 1.54) is 22.7 Å². The van der Waals surface area contributed by atoms with E-state index in [2.05, 4.69) is 17.2 Å². The molecule has 0 aliphatic heterocycles. The summed E-state index contributed by atoms with van der Waals surface area (Å²) in [6, 6.07) is 14.6. The molecule has 0 radical (unpaired) electrons. The number of rotatable bonds is 5.